The van der Waals surface area contributed by atoms with E-state index in [1.165, 1.54) is 6.07 Å². The summed E-state index contributed by atoms with van der Waals surface area (Å²) in [6.07, 6.45) is 0.501. The predicted molar refractivity (Wildman–Crippen MR) is 78.1 cm³/mol. The maximum atomic E-state index is 13.4. The standard InChI is InChI=1S/C15H14Cl2FN/c1-15(19,11-3-2-4-12(16)8-11)9-10-5-6-13(17)14(18)7-10/h2-8H,9,19H2,1H3. The average Bonchev–Trinajstić information content (AvgIpc) is 2.33. The number of hydrogen-bond acceptors (Lipinski definition) is 1. The molecule has 1 nitrogen and oxygen atoms in total. The molecular weight excluding hydrogens is 284 g/mol. The molecule has 0 saturated heterocycles. The molecule has 100 valence electrons. The van der Waals surface area contributed by atoms with Crippen molar-refractivity contribution in [1.29, 1.82) is 0 Å². The summed E-state index contributed by atoms with van der Waals surface area (Å²) < 4.78 is 13.4. The Labute approximate surface area is 122 Å². The molecule has 0 fully saturated rings. The van der Waals surface area contributed by atoms with Crippen molar-refractivity contribution in [3.63, 3.8) is 0 Å². The highest BCUT2D eigenvalue weighted by atomic mass is 35.5. The summed E-state index contributed by atoms with van der Waals surface area (Å²) in [7, 11) is 0. The van der Waals surface area contributed by atoms with E-state index in [1.54, 1.807) is 18.2 Å². The molecule has 0 aliphatic rings. The first-order valence-corrected chi connectivity index (χ1v) is 6.63. The van der Waals surface area contributed by atoms with E-state index in [-0.39, 0.29) is 5.02 Å². The molecule has 0 aromatic heterocycles. The molecule has 0 saturated carbocycles. The molecule has 0 radical (unpaired) electrons. The smallest absolute Gasteiger partial charge is 0.142 e. The maximum Gasteiger partial charge on any atom is 0.142 e. The molecule has 4 heteroatoms. The van der Waals surface area contributed by atoms with Crippen molar-refractivity contribution in [2.24, 2.45) is 5.73 Å². The lowest BCUT2D eigenvalue weighted by molar-refractivity contribution is 0.489. The number of nitrogens with two attached hydrogens (primary N) is 1. The van der Waals surface area contributed by atoms with Gasteiger partial charge in [-0.3, -0.25) is 0 Å². The first-order valence-electron chi connectivity index (χ1n) is 5.87. The van der Waals surface area contributed by atoms with Gasteiger partial charge in [0, 0.05) is 10.6 Å². The largest absolute Gasteiger partial charge is 0.321 e. The van der Waals surface area contributed by atoms with E-state index >= 15 is 0 Å². The van der Waals surface area contributed by atoms with Crippen molar-refractivity contribution in [1.82, 2.24) is 0 Å². The Kier molecular flexibility index (Phi) is 4.14. The van der Waals surface area contributed by atoms with Crippen molar-refractivity contribution in [2.45, 2.75) is 18.9 Å². The molecule has 0 spiro atoms. The van der Waals surface area contributed by atoms with Gasteiger partial charge >= 0.3 is 0 Å². The summed E-state index contributed by atoms with van der Waals surface area (Å²) in [5.74, 6) is -0.430. The number of halogens is 3. The lowest BCUT2D eigenvalue weighted by atomic mass is 9.86. The van der Waals surface area contributed by atoms with Gasteiger partial charge in [-0.1, -0.05) is 41.4 Å². The van der Waals surface area contributed by atoms with Crippen LogP contribution in [0.25, 0.3) is 0 Å². The van der Waals surface area contributed by atoms with Crippen LogP contribution in [0.15, 0.2) is 42.5 Å². The van der Waals surface area contributed by atoms with E-state index in [2.05, 4.69) is 0 Å². The second-order valence-electron chi connectivity index (χ2n) is 4.85. The SMILES string of the molecule is CC(N)(Cc1ccc(Cl)c(F)c1)c1cccc(Cl)c1. The third-order valence-electron chi connectivity index (χ3n) is 3.04. The van der Waals surface area contributed by atoms with E-state index in [0.29, 0.717) is 11.4 Å². The average molecular weight is 298 g/mol. The van der Waals surface area contributed by atoms with Gasteiger partial charge in [-0.05, 0) is 48.7 Å². The molecule has 19 heavy (non-hydrogen) atoms. The molecule has 1 atom stereocenters. The van der Waals surface area contributed by atoms with Gasteiger partial charge in [0.25, 0.3) is 0 Å². The fourth-order valence-corrected chi connectivity index (χ4v) is 2.33. The van der Waals surface area contributed by atoms with Crippen molar-refractivity contribution >= 4 is 23.2 Å². The molecule has 0 aliphatic heterocycles. The highest BCUT2D eigenvalue weighted by molar-refractivity contribution is 6.31. The maximum absolute atomic E-state index is 13.4. The Morgan fingerprint density at radius 2 is 1.89 bits per heavy atom. The van der Waals surface area contributed by atoms with Gasteiger partial charge in [-0.25, -0.2) is 4.39 Å². The number of hydrogen-bond donors (Lipinski definition) is 1. The third-order valence-corrected chi connectivity index (χ3v) is 3.58. The van der Waals surface area contributed by atoms with Gasteiger partial charge in [0.2, 0.25) is 0 Å². The first kappa shape index (κ1) is 14.3. The minimum absolute atomic E-state index is 0.116. The van der Waals surface area contributed by atoms with Gasteiger partial charge in [-0.15, -0.1) is 0 Å². The van der Waals surface area contributed by atoms with E-state index in [4.69, 9.17) is 28.9 Å². The van der Waals surface area contributed by atoms with Crippen LogP contribution in [0.5, 0.6) is 0 Å². The normalized spacial score (nSPS) is 14.2. The van der Waals surface area contributed by atoms with Crippen LogP contribution >= 0.6 is 23.2 Å². The highest BCUT2D eigenvalue weighted by Gasteiger charge is 2.22. The fourth-order valence-electron chi connectivity index (χ4n) is 2.02. The topological polar surface area (TPSA) is 26.0 Å². The molecule has 2 aromatic carbocycles. The van der Waals surface area contributed by atoms with Crippen LogP contribution in [0.1, 0.15) is 18.1 Å². The van der Waals surface area contributed by atoms with Crippen molar-refractivity contribution < 1.29 is 4.39 Å². The Bertz CT molecular complexity index is 596. The van der Waals surface area contributed by atoms with Crippen LogP contribution in [0.4, 0.5) is 4.39 Å². The van der Waals surface area contributed by atoms with Crippen LogP contribution in [0.3, 0.4) is 0 Å². The Hall–Kier alpha value is -1.09. The minimum atomic E-state index is -0.620. The second kappa shape index (κ2) is 5.49. The third kappa shape index (κ3) is 3.47. The molecule has 0 aliphatic carbocycles. The van der Waals surface area contributed by atoms with E-state index < -0.39 is 11.4 Å². The molecular formula is C15H14Cl2FN. The van der Waals surface area contributed by atoms with Gasteiger partial charge in [-0.2, -0.15) is 0 Å². The molecule has 0 heterocycles. The molecule has 0 amide bonds. The second-order valence-corrected chi connectivity index (χ2v) is 5.70. The van der Waals surface area contributed by atoms with E-state index in [9.17, 15) is 4.39 Å². The van der Waals surface area contributed by atoms with Gasteiger partial charge in [0.1, 0.15) is 5.82 Å². The van der Waals surface area contributed by atoms with Crippen LogP contribution in [-0.4, -0.2) is 0 Å². The van der Waals surface area contributed by atoms with Crippen molar-refractivity contribution in [3.05, 3.63) is 69.5 Å². The van der Waals surface area contributed by atoms with E-state index in [0.717, 1.165) is 11.1 Å². The minimum Gasteiger partial charge on any atom is -0.321 e. The zero-order chi connectivity index (χ0) is 14.0. The Morgan fingerprint density at radius 1 is 1.16 bits per heavy atom. The Morgan fingerprint density at radius 3 is 2.53 bits per heavy atom. The fraction of sp³-hybridized carbons (Fsp3) is 0.200. The zero-order valence-electron chi connectivity index (χ0n) is 10.5. The Balaban J connectivity index is 2.27. The molecule has 0 bridgehead atoms. The molecule has 1 unspecified atom stereocenters. The zero-order valence-corrected chi connectivity index (χ0v) is 12.0. The van der Waals surface area contributed by atoms with Crippen LogP contribution < -0.4 is 5.73 Å². The quantitative estimate of drug-likeness (QED) is 0.884. The first-order chi connectivity index (χ1) is 8.88. The van der Waals surface area contributed by atoms with Crippen molar-refractivity contribution in [2.75, 3.05) is 0 Å². The van der Waals surface area contributed by atoms with Crippen molar-refractivity contribution in [3.8, 4) is 0 Å². The number of benzene rings is 2. The van der Waals surface area contributed by atoms with Gasteiger partial charge < -0.3 is 5.73 Å². The predicted octanol–water partition coefficient (Wildman–Crippen LogP) is 4.55. The van der Waals surface area contributed by atoms with Gasteiger partial charge in [0.15, 0.2) is 0 Å². The molecule has 2 N–H and O–H groups in total. The summed E-state index contributed by atoms with van der Waals surface area (Å²) in [5, 5.41) is 0.752. The lowest BCUT2D eigenvalue weighted by Crippen LogP contribution is -2.35. The monoisotopic (exact) mass is 297 g/mol. The summed E-state index contributed by atoms with van der Waals surface area (Å²) in [6.45, 7) is 1.89. The lowest BCUT2D eigenvalue weighted by Gasteiger charge is -2.25. The van der Waals surface area contributed by atoms with Crippen LogP contribution in [-0.2, 0) is 12.0 Å². The highest BCUT2D eigenvalue weighted by Crippen LogP contribution is 2.26. The van der Waals surface area contributed by atoms with Gasteiger partial charge in [0.05, 0.1) is 5.02 Å². The summed E-state index contributed by atoms with van der Waals surface area (Å²) in [5.41, 5.74) is 7.40. The summed E-state index contributed by atoms with van der Waals surface area (Å²) in [6, 6.07) is 12.1. The van der Waals surface area contributed by atoms with Crippen LogP contribution in [0, 0.1) is 5.82 Å². The summed E-state index contributed by atoms with van der Waals surface area (Å²) >= 11 is 11.6. The molecule has 2 rings (SSSR count). The number of rotatable bonds is 3. The molecule has 2 aromatic rings. The van der Waals surface area contributed by atoms with E-state index in [1.807, 2.05) is 25.1 Å². The summed E-state index contributed by atoms with van der Waals surface area (Å²) in [4.78, 5) is 0. The van der Waals surface area contributed by atoms with Crippen LogP contribution in [0.2, 0.25) is 10.0 Å².